The third-order valence-corrected chi connectivity index (χ3v) is 3.44. The lowest BCUT2D eigenvalue weighted by Gasteiger charge is -2.08. The Morgan fingerprint density at radius 3 is 3.00 bits per heavy atom. The lowest BCUT2D eigenvalue weighted by atomic mass is 10.1. The van der Waals surface area contributed by atoms with Gasteiger partial charge in [0.1, 0.15) is 11.3 Å². The van der Waals surface area contributed by atoms with E-state index < -0.39 is 0 Å². The average Bonchev–Trinajstić information content (AvgIpc) is 2.77. The van der Waals surface area contributed by atoms with Crippen molar-refractivity contribution < 1.29 is 4.74 Å². The Hall–Kier alpha value is -1.13. The van der Waals surface area contributed by atoms with Crippen LogP contribution >= 0.6 is 11.3 Å². The van der Waals surface area contributed by atoms with Crippen molar-refractivity contribution in [3.63, 3.8) is 0 Å². The first-order valence-corrected chi connectivity index (χ1v) is 6.34. The number of rotatable bonds is 5. The van der Waals surface area contributed by atoms with Crippen LogP contribution in [-0.2, 0) is 6.42 Å². The summed E-state index contributed by atoms with van der Waals surface area (Å²) in [5.74, 6) is 0.927. The second-order valence-electron chi connectivity index (χ2n) is 3.70. The molecule has 0 amide bonds. The van der Waals surface area contributed by atoms with Crippen LogP contribution in [0.25, 0.3) is 10.2 Å². The van der Waals surface area contributed by atoms with Crippen molar-refractivity contribution in [3.8, 4) is 5.75 Å². The maximum atomic E-state index is 5.50. The summed E-state index contributed by atoms with van der Waals surface area (Å²) >= 11 is 1.64. The van der Waals surface area contributed by atoms with Gasteiger partial charge in [0, 0.05) is 0 Å². The van der Waals surface area contributed by atoms with Crippen molar-refractivity contribution in [1.29, 1.82) is 0 Å². The summed E-state index contributed by atoms with van der Waals surface area (Å²) in [7, 11) is 1.71. The van der Waals surface area contributed by atoms with Crippen LogP contribution in [0, 0.1) is 0 Å². The van der Waals surface area contributed by atoms with Crippen LogP contribution in [-0.4, -0.2) is 18.6 Å². The number of nitrogens with zero attached hydrogens (tertiary/aromatic N) is 1. The third kappa shape index (κ3) is 2.18. The molecule has 0 unspecified atom stereocenters. The van der Waals surface area contributed by atoms with Gasteiger partial charge in [0.05, 0.1) is 17.3 Å². The minimum absolute atomic E-state index is 0.751. The fourth-order valence-electron chi connectivity index (χ4n) is 1.83. The largest absolute Gasteiger partial charge is 0.494 e. The Morgan fingerprint density at radius 2 is 2.25 bits per heavy atom. The van der Waals surface area contributed by atoms with Crippen molar-refractivity contribution in [2.24, 2.45) is 5.73 Å². The van der Waals surface area contributed by atoms with Gasteiger partial charge in [0.2, 0.25) is 0 Å². The maximum Gasteiger partial charge on any atom is 0.149 e. The second kappa shape index (κ2) is 5.27. The van der Waals surface area contributed by atoms with Gasteiger partial charge >= 0.3 is 0 Å². The first-order chi connectivity index (χ1) is 7.86. The minimum atomic E-state index is 0.751. The predicted octanol–water partition coefficient (Wildman–Crippen LogP) is 2.59. The second-order valence-corrected chi connectivity index (χ2v) is 4.59. The summed E-state index contributed by atoms with van der Waals surface area (Å²) < 4.78 is 6.64. The number of hydrogen-bond acceptors (Lipinski definition) is 4. The average molecular weight is 236 g/mol. The normalized spacial score (nSPS) is 10.9. The molecule has 0 radical (unpaired) electrons. The SMILES string of the molecule is COc1c(CCCCN)ccc2scnc12. The minimum Gasteiger partial charge on any atom is -0.494 e. The number of aromatic nitrogens is 1. The third-order valence-electron chi connectivity index (χ3n) is 2.64. The fourth-order valence-corrected chi connectivity index (χ4v) is 2.51. The molecule has 2 N–H and O–H groups in total. The van der Waals surface area contributed by atoms with Crippen LogP contribution in [0.3, 0.4) is 0 Å². The molecule has 0 bridgehead atoms. The zero-order valence-corrected chi connectivity index (χ0v) is 10.2. The zero-order valence-electron chi connectivity index (χ0n) is 9.40. The zero-order chi connectivity index (χ0) is 11.4. The van der Waals surface area contributed by atoms with Gasteiger partial charge in [-0.15, -0.1) is 11.3 Å². The van der Waals surface area contributed by atoms with Gasteiger partial charge in [0.25, 0.3) is 0 Å². The summed E-state index contributed by atoms with van der Waals surface area (Å²) in [5, 5.41) is 0. The van der Waals surface area contributed by atoms with E-state index in [9.17, 15) is 0 Å². The molecule has 0 atom stereocenters. The molecule has 0 aliphatic heterocycles. The number of methoxy groups -OCH3 is 1. The molecular weight excluding hydrogens is 220 g/mol. The van der Waals surface area contributed by atoms with E-state index in [-0.39, 0.29) is 0 Å². The number of ether oxygens (including phenoxy) is 1. The standard InChI is InChI=1S/C12H16N2OS/c1-15-12-9(4-2-3-7-13)5-6-10-11(12)14-8-16-10/h5-6,8H,2-4,7,13H2,1H3. The quantitative estimate of drug-likeness (QED) is 0.812. The highest BCUT2D eigenvalue weighted by atomic mass is 32.1. The predicted molar refractivity (Wildman–Crippen MR) is 68.2 cm³/mol. The Balaban J connectivity index is 2.29. The van der Waals surface area contributed by atoms with E-state index in [0.717, 1.165) is 37.1 Å². The lowest BCUT2D eigenvalue weighted by molar-refractivity contribution is 0.413. The molecule has 1 aromatic carbocycles. The van der Waals surface area contributed by atoms with E-state index in [2.05, 4.69) is 17.1 Å². The molecule has 0 aliphatic rings. The monoisotopic (exact) mass is 236 g/mol. The highest BCUT2D eigenvalue weighted by molar-refractivity contribution is 7.16. The maximum absolute atomic E-state index is 5.50. The van der Waals surface area contributed by atoms with Crippen molar-refractivity contribution in [2.45, 2.75) is 19.3 Å². The highest BCUT2D eigenvalue weighted by Gasteiger charge is 2.09. The molecule has 4 heteroatoms. The first-order valence-electron chi connectivity index (χ1n) is 5.46. The number of aryl methyl sites for hydroxylation is 1. The highest BCUT2D eigenvalue weighted by Crippen LogP contribution is 2.31. The van der Waals surface area contributed by atoms with E-state index in [1.54, 1.807) is 18.4 Å². The summed E-state index contributed by atoms with van der Waals surface area (Å²) in [4.78, 5) is 4.35. The number of thiazole rings is 1. The topological polar surface area (TPSA) is 48.1 Å². The first kappa shape index (κ1) is 11.4. The van der Waals surface area contributed by atoms with Crippen molar-refractivity contribution in [1.82, 2.24) is 4.98 Å². The lowest BCUT2D eigenvalue weighted by Crippen LogP contribution is -2.00. The summed E-state index contributed by atoms with van der Waals surface area (Å²) in [6.45, 7) is 0.751. The van der Waals surface area contributed by atoms with E-state index in [1.807, 2.05) is 5.51 Å². The molecule has 2 aromatic rings. The van der Waals surface area contributed by atoms with Gasteiger partial charge < -0.3 is 10.5 Å². The van der Waals surface area contributed by atoms with Gasteiger partial charge in [-0.05, 0) is 37.4 Å². The summed E-state index contributed by atoms with van der Waals surface area (Å²) in [6, 6.07) is 4.25. The van der Waals surface area contributed by atoms with Crippen LogP contribution in [0.15, 0.2) is 17.6 Å². The molecule has 2 rings (SSSR count). The molecule has 3 nitrogen and oxygen atoms in total. The fraction of sp³-hybridized carbons (Fsp3) is 0.417. The van der Waals surface area contributed by atoms with Gasteiger partial charge in [-0.3, -0.25) is 0 Å². The van der Waals surface area contributed by atoms with Crippen LogP contribution in [0.4, 0.5) is 0 Å². The summed E-state index contributed by atoms with van der Waals surface area (Å²) in [6.07, 6.45) is 3.16. The van der Waals surface area contributed by atoms with E-state index >= 15 is 0 Å². The van der Waals surface area contributed by atoms with E-state index in [0.29, 0.717) is 0 Å². The van der Waals surface area contributed by atoms with Crippen LogP contribution in [0.2, 0.25) is 0 Å². The van der Waals surface area contributed by atoms with Crippen LogP contribution in [0.1, 0.15) is 18.4 Å². The molecule has 0 spiro atoms. The molecule has 0 aliphatic carbocycles. The molecular formula is C12H16N2OS. The van der Waals surface area contributed by atoms with E-state index in [1.165, 1.54) is 10.3 Å². The molecule has 1 heterocycles. The van der Waals surface area contributed by atoms with Crippen molar-refractivity contribution in [3.05, 3.63) is 23.2 Å². The Labute approximate surface area is 99.3 Å². The molecule has 0 saturated carbocycles. The van der Waals surface area contributed by atoms with Gasteiger partial charge in [-0.1, -0.05) is 6.07 Å². The van der Waals surface area contributed by atoms with E-state index in [4.69, 9.17) is 10.5 Å². The number of benzene rings is 1. The summed E-state index contributed by atoms with van der Waals surface area (Å²) in [5.41, 5.74) is 9.57. The number of hydrogen-bond donors (Lipinski definition) is 1. The Kier molecular flexibility index (Phi) is 3.74. The number of fused-ring (bicyclic) bond motifs is 1. The molecule has 86 valence electrons. The van der Waals surface area contributed by atoms with Crippen molar-refractivity contribution >= 4 is 21.6 Å². The molecule has 16 heavy (non-hydrogen) atoms. The Bertz CT molecular complexity index is 467. The van der Waals surface area contributed by atoms with Gasteiger partial charge in [0.15, 0.2) is 0 Å². The smallest absolute Gasteiger partial charge is 0.149 e. The number of unbranched alkanes of at least 4 members (excludes halogenated alkanes) is 1. The molecule has 0 fully saturated rings. The number of nitrogens with two attached hydrogens (primary N) is 1. The molecule has 1 aromatic heterocycles. The van der Waals surface area contributed by atoms with Crippen molar-refractivity contribution in [2.75, 3.05) is 13.7 Å². The van der Waals surface area contributed by atoms with Gasteiger partial charge in [-0.25, -0.2) is 4.98 Å². The van der Waals surface area contributed by atoms with Crippen LogP contribution in [0.5, 0.6) is 5.75 Å². The van der Waals surface area contributed by atoms with Gasteiger partial charge in [-0.2, -0.15) is 0 Å². The van der Waals surface area contributed by atoms with Crippen LogP contribution < -0.4 is 10.5 Å². The Morgan fingerprint density at radius 1 is 1.38 bits per heavy atom. The molecule has 0 saturated heterocycles.